The van der Waals surface area contributed by atoms with Gasteiger partial charge in [0.1, 0.15) is 24.4 Å². The van der Waals surface area contributed by atoms with Crippen molar-refractivity contribution in [2.45, 2.75) is 75.0 Å². The predicted molar refractivity (Wildman–Crippen MR) is 154 cm³/mol. The molecular weight excluding hydrogens is 524 g/mol. The number of methoxy groups -OCH3 is 1. The van der Waals surface area contributed by atoms with Crippen LogP contribution in [0.15, 0.2) is 60.7 Å². The molecule has 0 saturated heterocycles. The summed E-state index contributed by atoms with van der Waals surface area (Å²) in [7, 11) is 1.52. The van der Waals surface area contributed by atoms with E-state index >= 15 is 0 Å². The Hall–Kier alpha value is -3.69. The van der Waals surface area contributed by atoms with Crippen LogP contribution in [-0.4, -0.2) is 66.2 Å². The number of aliphatic hydroxyl groups is 1. The molecule has 2 amide bonds. The lowest BCUT2D eigenvalue weighted by molar-refractivity contribution is -0.139. The van der Waals surface area contributed by atoms with E-state index in [1.54, 1.807) is 0 Å². The van der Waals surface area contributed by atoms with Gasteiger partial charge in [0.05, 0.1) is 6.42 Å². The van der Waals surface area contributed by atoms with Gasteiger partial charge in [-0.1, -0.05) is 67.1 Å². The fourth-order valence-electron chi connectivity index (χ4n) is 5.80. The molecule has 9 nitrogen and oxygen atoms in total. The average molecular weight is 565 g/mol. The number of allylic oxidation sites excluding steroid dienone is 1. The number of rotatable bonds is 12. The van der Waals surface area contributed by atoms with Gasteiger partial charge in [-0.25, -0.2) is 9.59 Å². The highest BCUT2D eigenvalue weighted by atomic mass is 16.5. The Kier molecular flexibility index (Phi) is 10.5. The molecule has 2 aromatic rings. The van der Waals surface area contributed by atoms with Gasteiger partial charge in [0.25, 0.3) is 0 Å². The monoisotopic (exact) mass is 564 g/mol. The minimum Gasteiger partial charge on any atom is -0.480 e. The van der Waals surface area contributed by atoms with Crippen LogP contribution >= 0.6 is 0 Å². The second kappa shape index (κ2) is 14.3. The number of nitrogens with one attached hydrogen (secondary N) is 2. The van der Waals surface area contributed by atoms with Crippen molar-refractivity contribution in [1.82, 2.24) is 10.6 Å². The molecule has 2 aliphatic carbocycles. The van der Waals surface area contributed by atoms with E-state index in [1.807, 2.05) is 60.7 Å². The van der Waals surface area contributed by atoms with Crippen molar-refractivity contribution in [2.24, 2.45) is 0 Å². The van der Waals surface area contributed by atoms with Crippen LogP contribution in [0, 0.1) is 0 Å². The van der Waals surface area contributed by atoms with Crippen molar-refractivity contribution in [2.75, 3.05) is 20.3 Å². The Bertz CT molecular complexity index is 1200. The van der Waals surface area contributed by atoms with Gasteiger partial charge in [-0.05, 0) is 60.8 Å². The van der Waals surface area contributed by atoms with Crippen LogP contribution in [0.5, 0.6) is 0 Å². The smallest absolute Gasteiger partial charge is 0.407 e. The molecule has 0 saturated carbocycles. The topological polar surface area (TPSA) is 134 Å². The number of unbranched alkanes of at least 4 members (excludes halogenated alkanes) is 1. The Morgan fingerprint density at radius 1 is 1.02 bits per heavy atom. The highest BCUT2D eigenvalue weighted by molar-refractivity contribution is 5.81. The van der Waals surface area contributed by atoms with Crippen molar-refractivity contribution in [1.29, 1.82) is 0 Å². The van der Waals surface area contributed by atoms with Crippen LogP contribution in [0.1, 0.15) is 68.4 Å². The van der Waals surface area contributed by atoms with E-state index in [1.165, 1.54) is 7.11 Å². The number of alkyl carbamates (subject to hydrolysis) is 1. The fraction of sp³-hybridized carbons (Fsp3) is 0.469. The maximum absolute atomic E-state index is 12.5. The first-order valence-electron chi connectivity index (χ1n) is 14.4. The summed E-state index contributed by atoms with van der Waals surface area (Å²) in [6.45, 7) is 0.435. The first kappa shape index (κ1) is 30.3. The number of benzene rings is 2. The van der Waals surface area contributed by atoms with Crippen LogP contribution in [0.2, 0.25) is 0 Å². The molecule has 41 heavy (non-hydrogen) atoms. The lowest BCUT2D eigenvalue weighted by atomic mass is 9.84. The molecule has 0 aromatic heterocycles. The number of aliphatic carboxylic acids is 1. The number of amides is 2. The Labute approximate surface area is 240 Å². The second-order valence-electron chi connectivity index (χ2n) is 10.8. The number of fused-ring (bicyclic) bond motifs is 3. The highest BCUT2D eigenvalue weighted by Crippen LogP contribution is 2.44. The molecule has 0 bridgehead atoms. The molecule has 0 aliphatic heterocycles. The summed E-state index contributed by atoms with van der Waals surface area (Å²) in [5, 5.41) is 26.0. The van der Waals surface area contributed by atoms with Gasteiger partial charge in [-0.3, -0.25) is 4.79 Å². The van der Waals surface area contributed by atoms with Gasteiger partial charge in [-0.2, -0.15) is 0 Å². The van der Waals surface area contributed by atoms with E-state index in [-0.39, 0.29) is 31.3 Å². The van der Waals surface area contributed by atoms with Gasteiger partial charge in [-0.15, -0.1) is 0 Å². The van der Waals surface area contributed by atoms with Crippen molar-refractivity contribution in [3.63, 3.8) is 0 Å². The van der Waals surface area contributed by atoms with E-state index < -0.39 is 29.8 Å². The molecule has 3 atom stereocenters. The third kappa shape index (κ3) is 7.74. The number of hydrogen-bond acceptors (Lipinski definition) is 6. The van der Waals surface area contributed by atoms with E-state index in [9.17, 15) is 24.6 Å². The molecule has 4 N–H and O–H groups in total. The van der Waals surface area contributed by atoms with Crippen molar-refractivity contribution < 1.29 is 34.1 Å². The lowest BCUT2D eigenvalue weighted by Gasteiger charge is -2.34. The zero-order chi connectivity index (χ0) is 29.2. The molecule has 0 heterocycles. The largest absolute Gasteiger partial charge is 0.480 e. The predicted octanol–water partition coefficient (Wildman–Crippen LogP) is 4.53. The Morgan fingerprint density at radius 2 is 1.71 bits per heavy atom. The zero-order valence-corrected chi connectivity index (χ0v) is 23.5. The third-order valence-electron chi connectivity index (χ3n) is 7.97. The number of carboxylic acids is 1. The van der Waals surface area contributed by atoms with Crippen LogP contribution in [0.25, 0.3) is 11.1 Å². The summed E-state index contributed by atoms with van der Waals surface area (Å²) >= 11 is 0. The van der Waals surface area contributed by atoms with Gasteiger partial charge in [0, 0.05) is 19.6 Å². The van der Waals surface area contributed by atoms with E-state index in [4.69, 9.17) is 9.47 Å². The average Bonchev–Trinajstić information content (AvgIpc) is 3.27. The molecule has 2 aliphatic rings. The molecule has 0 fully saturated rings. The second-order valence-corrected chi connectivity index (χ2v) is 10.8. The molecule has 4 rings (SSSR count). The van der Waals surface area contributed by atoms with Crippen LogP contribution in [0.4, 0.5) is 4.79 Å². The van der Waals surface area contributed by atoms with Crippen LogP contribution in [-0.2, 0) is 19.1 Å². The maximum Gasteiger partial charge on any atom is 0.407 e. The molecule has 2 unspecified atom stereocenters. The minimum absolute atomic E-state index is 0.0725. The minimum atomic E-state index is -1.27. The molecule has 220 valence electrons. The number of hydrogen-bond donors (Lipinski definition) is 4. The van der Waals surface area contributed by atoms with Gasteiger partial charge < -0.3 is 30.3 Å². The summed E-state index contributed by atoms with van der Waals surface area (Å²) in [4.78, 5) is 36.9. The fourth-order valence-corrected chi connectivity index (χ4v) is 5.80. The Balaban J connectivity index is 1.20. The molecular formula is C32H40N2O7. The molecule has 0 radical (unpaired) electrons. The van der Waals surface area contributed by atoms with Crippen molar-refractivity contribution in [3.8, 4) is 11.1 Å². The third-order valence-corrected chi connectivity index (χ3v) is 7.97. The quantitative estimate of drug-likeness (QED) is 0.220. The number of carboxylic acid groups (broad SMARTS) is 1. The zero-order valence-electron chi connectivity index (χ0n) is 23.5. The summed E-state index contributed by atoms with van der Waals surface area (Å²) in [5.41, 5.74) is 3.11. The first-order valence-corrected chi connectivity index (χ1v) is 14.4. The molecule has 9 heteroatoms. The molecule has 0 spiro atoms. The highest BCUT2D eigenvalue weighted by Gasteiger charge is 2.38. The summed E-state index contributed by atoms with van der Waals surface area (Å²) in [6, 6.07) is 14.9. The Morgan fingerprint density at radius 3 is 2.37 bits per heavy atom. The normalized spacial score (nSPS) is 21.5. The van der Waals surface area contributed by atoms with Crippen LogP contribution in [0.3, 0.4) is 0 Å². The lowest BCUT2D eigenvalue weighted by Crippen LogP contribution is -2.47. The summed E-state index contributed by atoms with van der Waals surface area (Å²) < 4.78 is 10.9. The van der Waals surface area contributed by atoms with E-state index in [2.05, 4.69) is 10.6 Å². The van der Waals surface area contributed by atoms with E-state index in [0.717, 1.165) is 41.5 Å². The number of carbonyl (C=O) groups is 3. The number of ether oxygens (including phenoxy) is 2. The SMILES string of the molecule is COC1/C=C\CCCCC1(O)CC(=O)NCCCC[C@H](NC(=O)OCC1c2ccccc2-c2ccccc21)C(=O)O. The number of carbonyl (C=O) groups excluding carboxylic acids is 2. The van der Waals surface area contributed by atoms with Crippen LogP contribution < -0.4 is 10.6 Å². The maximum atomic E-state index is 12.5. The first-order chi connectivity index (χ1) is 19.8. The molecule has 2 aromatic carbocycles. The summed E-state index contributed by atoms with van der Waals surface area (Å²) in [5.74, 6) is -1.54. The van der Waals surface area contributed by atoms with Gasteiger partial charge >= 0.3 is 12.1 Å². The van der Waals surface area contributed by atoms with Crippen molar-refractivity contribution in [3.05, 3.63) is 71.8 Å². The van der Waals surface area contributed by atoms with Gasteiger partial charge in [0.2, 0.25) is 5.91 Å². The summed E-state index contributed by atoms with van der Waals surface area (Å²) in [6.07, 6.45) is 6.74. The van der Waals surface area contributed by atoms with Gasteiger partial charge in [0.15, 0.2) is 0 Å². The van der Waals surface area contributed by atoms with E-state index in [0.29, 0.717) is 25.8 Å². The van der Waals surface area contributed by atoms with Crippen molar-refractivity contribution >= 4 is 18.0 Å². The standard InChI is InChI=1S/C32H40N2O7/c1-40-28-17-4-2-3-10-18-32(28,39)20-29(35)33-19-11-9-16-27(30(36)37)34-31(38)41-21-26-24-14-7-5-12-22(24)23-13-6-8-15-25(23)26/h4-8,12-15,17,26-28,39H,2-3,9-11,16,18-21H2,1H3,(H,33,35)(H,34,38)(H,36,37)/b17-4-/t27-,28?,32?/m0/s1.